The van der Waals surface area contributed by atoms with Crippen molar-refractivity contribution in [3.63, 3.8) is 0 Å². The van der Waals surface area contributed by atoms with Crippen molar-refractivity contribution in [2.45, 2.75) is 36.7 Å². The van der Waals surface area contributed by atoms with Crippen LogP contribution in [0.25, 0.3) is 11.1 Å². The average Bonchev–Trinajstić information content (AvgIpc) is 3.53. The Morgan fingerprint density at radius 3 is 2.35 bits per heavy atom. The molecule has 2 aromatic carbocycles. The lowest BCUT2D eigenvalue weighted by Crippen LogP contribution is -2.47. The lowest BCUT2D eigenvalue weighted by molar-refractivity contribution is -0.150. The molecule has 0 spiro atoms. The van der Waals surface area contributed by atoms with Crippen LogP contribution >= 0.6 is 11.8 Å². The normalized spacial score (nSPS) is 25.1. The van der Waals surface area contributed by atoms with Gasteiger partial charge in [0.2, 0.25) is 5.91 Å². The van der Waals surface area contributed by atoms with Gasteiger partial charge in [-0.2, -0.15) is 0 Å². The second kappa shape index (κ2) is 9.18. The van der Waals surface area contributed by atoms with Crippen molar-refractivity contribution in [1.82, 2.24) is 10.2 Å². The van der Waals surface area contributed by atoms with Crippen LogP contribution in [0.4, 0.5) is 4.79 Å². The third-order valence-corrected chi connectivity index (χ3v) is 8.03. The SMILES string of the molecule is CC1SCC(C(=O)O)N1C(=O)C1C=CC(NC(=O)OCC2c3ccccc3-c3ccccc32)C1. The molecule has 7 nitrogen and oxygen atoms in total. The summed E-state index contributed by atoms with van der Waals surface area (Å²) in [6, 6.07) is 15.2. The molecule has 1 fully saturated rings. The van der Waals surface area contributed by atoms with Gasteiger partial charge in [0.15, 0.2) is 0 Å². The third-order valence-electron chi connectivity index (χ3n) is 6.81. The number of hydrogen-bond donors (Lipinski definition) is 2. The zero-order chi connectivity index (χ0) is 23.8. The summed E-state index contributed by atoms with van der Waals surface area (Å²) in [7, 11) is 0. The highest BCUT2D eigenvalue weighted by molar-refractivity contribution is 8.00. The van der Waals surface area contributed by atoms with Crippen molar-refractivity contribution < 1.29 is 24.2 Å². The van der Waals surface area contributed by atoms with Crippen molar-refractivity contribution in [2.24, 2.45) is 5.92 Å². The van der Waals surface area contributed by atoms with E-state index in [0.29, 0.717) is 12.2 Å². The van der Waals surface area contributed by atoms with E-state index in [9.17, 15) is 19.5 Å². The van der Waals surface area contributed by atoms with Crippen LogP contribution in [-0.4, -0.2) is 57.8 Å². The largest absolute Gasteiger partial charge is 0.480 e. The zero-order valence-corrected chi connectivity index (χ0v) is 19.5. The molecule has 5 rings (SSSR count). The second-order valence-electron chi connectivity index (χ2n) is 8.84. The molecular formula is C26H26N2O5S. The summed E-state index contributed by atoms with van der Waals surface area (Å²) in [6.45, 7) is 2.07. The minimum atomic E-state index is -0.986. The maximum atomic E-state index is 13.0. The van der Waals surface area contributed by atoms with E-state index in [-0.39, 0.29) is 29.8 Å². The first-order valence-electron chi connectivity index (χ1n) is 11.4. The number of rotatable bonds is 5. The maximum absolute atomic E-state index is 13.0. The van der Waals surface area contributed by atoms with Crippen molar-refractivity contribution in [1.29, 1.82) is 0 Å². The van der Waals surface area contributed by atoms with Crippen LogP contribution in [0.1, 0.15) is 30.4 Å². The highest BCUT2D eigenvalue weighted by atomic mass is 32.2. The van der Waals surface area contributed by atoms with Crippen molar-refractivity contribution in [3.8, 4) is 11.1 Å². The van der Waals surface area contributed by atoms with Gasteiger partial charge in [-0.25, -0.2) is 9.59 Å². The minimum absolute atomic E-state index is 0.0197. The number of amides is 2. The molecule has 1 aliphatic heterocycles. The fraction of sp³-hybridized carbons (Fsp3) is 0.346. The van der Waals surface area contributed by atoms with Gasteiger partial charge < -0.3 is 20.1 Å². The van der Waals surface area contributed by atoms with Gasteiger partial charge in [0, 0.05) is 11.7 Å². The van der Waals surface area contributed by atoms with Gasteiger partial charge in [0.25, 0.3) is 0 Å². The lowest BCUT2D eigenvalue weighted by Gasteiger charge is -2.27. The summed E-state index contributed by atoms with van der Waals surface area (Å²) in [5.41, 5.74) is 4.63. The lowest BCUT2D eigenvalue weighted by atomic mass is 9.98. The first-order chi connectivity index (χ1) is 16.4. The smallest absolute Gasteiger partial charge is 0.407 e. The van der Waals surface area contributed by atoms with Gasteiger partial charge in [-0.05, 0) is 35.6 Å². The molecule has 2 aliphatic carbocycles. The molecule has 3 aliphatic rings. The molecule has 4 unspecified atom stereocenters. The number of nitrogens with one attached hydrogen (secondary N) is 1. The number of aliphatic carboxylic acids is 1. The van der Waals surface area contributed by atoms with Gasteiger partial charge >= 0.3 is 12.1 Å². The number of thioether (sulfide) groups is 1. The van der Waals surface area contributed by atoms with Crippen molar-refractivity contribution >= 4 is 29.7 Å². The fourth-order valence-corrected chi connectivity index (χ4v) is 6.31. The Labute approximate surface area is 202 Å². The van der Waals surface area contributed by atoms with Gasteiger partial charge in [-0.3, -0.25) is 4.79 Å². The van der Waals surface area contributed by atoms with E-state index < -0.39 is 24.0 Å². The second-order valence-corrected chi connectivity index (χ2v) is 10.2. The van der Waals surface area contributed by atoms with Crippen LogP contribution in [0.15, 0.2) is 60.7 Å². The first-order valence-corrected chi connectivity index (χ1v) is 12.5. The summed E-state index contributed by atoms with van der Waals surface area (Å²) < 4.78 is 5.60. The number of hydrogen-bond acceptors (Lipinski definition) is 5. The molecule has 4 atom stereocenters. The summed E-state index contributed by atoms with van der Waals surface area (Å²) >= 11 is 1.46. The molecule has 0 radical (unpaired) electrons. The van der Waals surface area contributed by atoms with Crippen molar-refractivity contribution in [2.75, 3.05) is 12.4 Å². The standard InChI is InChI=1S/C26H26N2O5S/c1-15-28(23(14-34-15)25(30)31)24(29)16-10-11-17(12-16)27-26(32)33-13-22-20-8-4-2-6-18(20)19-7-3-5-9-21(19)22/h2-11,15-17,22-23H,12-14H2,1H3,(H,27,32)(H,30,31). The monoisotopic (exact) mass is 478 g/mol. The third kappa shape index (κ3) is 4.07. The maximum Gasteiger partial charge on any atom is 0.407 e. The predicted octanol–water partition coefficient (Wildman–Crippen LogP) is 3.84. The summed E-state index contributed by atoms with van der Waals surface area (Å²) in [5.74, 6) is -1.28. The van der Waals surface area contributed by atoms with Crippen LogP contribution in [0, 0.1) is 5.92 Å². The molecule has 0 bridgehead atoms. The highest BCUT2D eigenvalue weighted by Gasteiger charge is 2.42. The van der Waals surface area contributed by atoms with Gasteiger partial charge in [0.05, 0.1) is 17.3 Å². The van der Waals surface area contributed by atoms with E-state index in [2.05, 4.69) is 29.6 Å². The Kier molecular flexibility index (Phi) is 6.08. The molecule has 176 valence electrons. The average molecular weight is 479 g/mol. The number of nitrogens with zero attached hydrogens (tertiary/aromatic N) is 1. The number of carboxylic acids is 1. The molecule has 1 saturated heterocycles. The molecule has 2 aromatic rings. The summed E-state index contributed by atoms with van der Waals surface area (Å²) in [4.78, 5) is 38.5. The molecule has 8 heteroatoms. The molecular weight excluding hydrogens is 452 g/mol. The number of benzene rings is 2. The van der Waals surface area contributed by atoms with Crippen LogP contribution in [0.3, 0.4) is 0 Å². The number of ether oxygens (including phenoxy) is 1. The first kappa shape index (κ1) is 22.5. The quantitative estimate of drug-likeness (QED) is 0.634. The Morgan fingerprint density at radius 2 is 1.71 bits per heavy atom. The molecule has 2 amide bonds. The molecule has 0 saturated carbocycles. The van der Waals surface area contributed by atoms with E-state index in [1.807, 2.05) is 31.2 Å². The van der Waals surface area contributed by atoms with Gasteiger partial charge in [-0.15, -0.1) is 11.8 Å². The molecule has 0 aromatic heterocycles. The van der Waals surface area contributed by atoms with E-state index in [1.54, 1.807) is 12.2 Å². The Hall–Kier alpha value is -3.26. The van der Waals surface area contributed by atoms with Gasteiger partial charge in [-0.1, -0.05) is 60.7 Å². The molecule has 34 heavy (non-hydrogen) atoms. The van der Waals surface area contributed by atoms with Crippen LogP contribution in [0.2, 0.25) is 0 Å². The highest BCUT2D eigenvalue weighted by Crippen LogP contribution is 2.44. The Bertz CT molecular complexity index is 1120. The van der Waals surface area contributed by atoms with Crippen LogP contribution in [-0.2, 0) is 14.3 Å². The zero-order valence-electron chi connectivity index (χ0n) is 18.7. The number of carbonyl (C=O) groups is 3. The number of alkyl carbamates (subject to hydrolysis) is 1. The van der Waals surface area contributed by atoms with Crippen molar-refractivity contribution in [3.05, 3.63) is 71.8 Å². The van der Waals surface area contributed by atoms with Crippen LogP contribution < -0.4 is 5.32 Å². The predicted molar refractivity (Wildman–Crippen MR) is 129 cm³/mol. The summed E-state index contributed by atoms with van der Waals surface area (Å²) in [5, 5.41) is 12.1. The van der Waals surface area contributed by atoms with Crippen LogP contribution in [0.5, 0.6) is 0 Å². The molecule has 2 N–H and O–H groups in total. The van der Waals surface area contributed by atoms with E-state index >= 15 is 0 Å². The number of carbonyl (C=O) groups excluding carboxylic acids is 2. The minimum Gasteiger partial charge on any atom is -0.480 e. The van der Waals surface area contributed by atoms with E-state index in [4.69, 9.17) is 4.74 Å². The molecule has 1 heterocycles. The fourth-order valence-electron chi connectivity index (χ4n) is 5.14. The topological polar surface area (TPSA) is 95.9 Å². The summed E-state index contributed by atoms with van der Waals surface area (Å²) in [6.07, 6.45) is 3.40. The van der Waals surface area contributed by atoms with E-state index in [1.165, 1.54) is 27.8 Å². The van der Waals surface area contributed by atoms with E-state index in [0.717, 1.165) is 11.1 Å². The van der Waals surface area contributed by atoms with Gasteiger partial charge in [0.1, 0.15) is 12.6 Å². The number of carboxylic acid groups (broad SMARTS) is 1. The Morgan fingerprint density at radius 1 is 1.06 bits per heavy atom. The Balaban J connectivity index is 1.17. The number of fused-ring (bicyclic) bond motifs is 3.